The van der Waals surface area contributed by atoms with Crippen LogP contribution in [0.4, 0.5) is 11.6 Å². The number of tetrazole rings is 1. The molecule has 158 valence electrons. The quantitative estimate of drug-likeness (QED) is 0.627. The molecule has 4 rings (SSSR count). The highest BCUT2D eigenvalue weighted by Crippen LogP contribution is 2.35. The summed E-state index contributed by atoms with van der Waals surface area (Å²) < 4.78 is 6.32. The van der Waals surface area contributed by atoms with Crippen molar-refractivity contribution >= 4 is 23.5 Å². The third-order valence-corrected chi connectivity index (χ3v) is 5.46. The van der Waals surface area contributed by atoms with E-state index in [1.807, 2.05) is 39.0 Å². The lowest BCUT2D eigenvalue weighted by Crippen LogP contribution is -2.31. The zero-order valence-corrected chi connectivity index (χ0v) is 17.6. The van der Waals surface area contributed by atoms with Gasteiger partial charge in [-0.05, 0) is 66.1 Å². The molecule has 0 aliphatic carbocycles. The van der Waals surface area contributed by atoms with Crippen LogP contribution in [0.2, 0.25) is 0 Å². The van der Waals surface area contributed by atoms with Gasteiger partial charge in [-0.15, -0.1) is 0 Å². The summed E-state index contributed by atoms with van der Waals surface area (Å²) >= 11 is 0. The topological polar surface area (TPSA) is 111 Å². The monoisotopic (exact) mass is 418 g/mol. The first kappa shape index (κ1) is 20.3. The van der Waals surface area contributed by atoms with Crippen molar-refractivity contribution in [3.63, 3.8) is 0 Å². The summed E-state index contributed by atoms with van der Waals surface area (Å²) in [6, 6.07) is 12.1. The summed E-state index contributed by atoms with van der Waals surface area (Å²) in [4.78, 5) is 25.2. The standard InChI is InChI=1S/C22H22N6O3/c1-12-6-5-7-17(13(12)2)24-20(29)18-14(3)23-22-25-26-27-28(22)19(18)15-8-10-16(11-9-15)21(30)31-4/h5-11,19H,1-4H3,(H,24,29)(H,23,25,27). The number of hydrogen-bond donors (Lipinski definition) is 2. The minimum absolute atomic E-state index is 0.262. The first-order valence-corrected chi connectivity index (χ1v) is 9.72. The van der Waals surface area contributed by atoms with Crippen molar-refractivity contribution in [2.24, 2.45) is 0 Å². The summed E-state index contributed by atoms with van der Waals surface area (Å²) in [5.74, 6) is -0.260. The molecular weight excluding hydrogens is 396 g/mol. The number of nitrogens with zero attached hydrogens (tertiary/aromatic N) is 4. The lowest BCUT2D eigenvalue weighted by molar-refractivity contribution is -0.113. The number of nitrogens with one attached hydrogen (secondary N) is 2. The molecule has 9 heteroatoms. The number of aryl methyl sites for hydroxylation is 1. The molecule has 1 atom stereocenters. The number of esters is 1. The van der Waals surface area contributed by atoms with E-state index in [9.17, 15) is 9.59 Å². The molecule has 0 spiro atoms. The van der Waals surface area contributed by atoms with Crippen molar-refractivity contribution in [1.29, 1.82) is 0 Å². The third kappa shape index (κ3) is 3.65. The number of methoxy groups -OCH3 is 1. The summed E-state index contributed by atoms with van der Waals surface area (Å²) in [6.45, 7) is 5.77. The Balaban J connectivity index is 1.75. The molecule has 1 unspecified atom stereocenters. The van der Waals surface area contributed by atoms with Gasteiger partial charge in [0.05, 0.1) is 18.2 Å². The molecule has 0 bridgehead atoms. The molecule has 2 heterocycles. The van der Waals surface area contributed by atoms with Gasteiger partial charge < -0.3 is 15.4 Å². The van der Waals surface area contributed by atoms with Crippen LogP contribution in [0.1, 0.15) is 40.0 Å². The van der Waals surface area contributed by atoms with Crippen molar-refractivity contribution < 1.29 is 14.3 Å². The summed E-state index contributed by atoms with van der Waals surface area (Å²) in [6.07, 6.45) is 0. The Bertz CT molecular complexity index is 1200. The van der Waals surface area contributed by atoms with Gasteiger partial charge in [-0.2, -0.15) is 4.68 Å². The number of ether oxygens (including phenoxy) is 1. The van der Waals surface area contributed by atoms with Crippen LogP contribution in [0.15, 0.2) is 53.7 Å². The Hall–Kier alpha value is -4.01. The van der Waals surface area contributed by atoms with E-state index in [0.29, 0.717) is 22.8 Å². The van der Waals surface area contributed by atoms with Crippen LogP contribution in [0.3, 0.4) is 0 Å². The van der Waals surface area contributed by atoms with Crippen molar-refractivity contribution in [3.8, 4) is 0 Å². The molecule has 1 aromatic heterocycles. The molecule has 2 aromatic carbocycles. The Kier molecular flexibility index (Phi) is 5.24. The highest BCUT2D eigenvalue weighted by molar-refractivity contribution is 6.06. The van der Waals surface area contributed by atoms with E-state index in [1.165, 1.54) is 7.11 Å². The van der Waals surface area contributed by atoms with Gasteiger partial charge in [0.1, 0.15) is 6.04 Å². The summed E-state index contributed by atoms with van der Waals surface area (Å²) in [5, 5.41) is 17.9. The Morgan fingerprint density at radius 1 is 1.10 bits per heavy atom. The number of carbonyl (C=O) groups is 2. The number of fused-ring (bicyclic) bond motifs is 1. The highest BCUT2D eigenvalue weighted by atomic mass is 16.5. The second kappa shape index (κ2) is 8.02. The van der Waals surface area contributed by atoms with Crippen molar-refractivity contribution in [2.45, 2.75) is 26.8 Å². The molecule has 1 aliphatic rings. The zero-order chi connectivity index (χ0) is 22.1. The van der Waals surface area contributed by atoms with E-state index >= 15 is 0 Å². The predicted molar refractivity (Wildman–Crippen MR) is 115 cm³/mol. The molecule has 0 saturated carbocycles. The van der Waals surface area contributed by atoms with Crippen LogP contribution in [0.25, 0.3) is 0 Å². The van der Waals surface area contributed by atoms with E-state index < -0.39 is 12.0 Å². The maximum absolute atomic E-state index is 13.4. The summed E-state index contributed by atoms with van der Waals surface area (Å²) in [5.41, 5.74) is 5.13. The first-order chi connectivity index (χ1) is 14.9. The SMILES string of the molecule is COC(=O)c1ccc(C2C(C(=O)Nc3cccc(C)c3C)=C(C)Nc3nnnn32)cc1. The van der Waals surface area contributed by atoms with Crippen LogP contribution < -0.4 is 10.6 Å². The first-order valence-electron chi connectivity index (χ1n) is 9.72. The van der Waals surface area contributed by atoms with E-state index in [1.54, 1.807) is 28.9 Å². The minimum atomic E-state index is -0.567. The van der Waals surface area contributed by atoms with Gasteiger partial charge in [0.25, 0.3) is 5.91 Å². The molecule has 1 aliphatic heterocycles. The van der Waals surface area contributed by atoms with Crippen LogP contribution >= 0.6 is 0 Å². The van der Waals surface area contributed by atoms with Crippen LogP contribution in [0.5, 0.6) is 0 Å². The van der Waals surface area contributed by atoms with E-state index in [4.69, 9.17) is 4.74 Å². The number of aromatic nitrogens is 4. The normalized spacial score (nSPS) is 15.2. The van der Waals surface area contributed by atoms with Gasteiger partial charge in [-0.3, -0.25) is 4.79 Å². The fraction of sp³-hybridized carbons (Fsp3) is 0.227. The highest BCUT2D eigenvalue weighted by Gasteiger charge is 2.34. The minimum Gasteiger partial charge on any atom is -0.465 e. The average Bonchev–Trinajstić information content (AvgIpc) is 3.23. The van der Waals surface area contributed by atoms with E-state index in [-0.39, 0.29) is 5.91 Å². The molecule has 2 N–H and O–H groups in total. The van der Waals surface area contributed by atoms with Gasteiger partial charge in [0.15, 0.2) is 0 Å². The van der Waals surface area contributed by atoms with Crippen LogP contribution in [-0.4, -0.2) is 39.2 Å². The lowest BCUT2D eigenvalue weighted by Gasteiger charge is -2.28. The summed E-state index contributed by atoms with van der Waals surface area (Å²) in [7, 11) is 1.33. The van der Waals surface area contributed by atoms with E-state index in [2.05, 4.69) is 26.2 Å². The maximum Gasteiger partial charge on any atom is 0.337 e. The smallest absolute Gasteiger partial charge is 0.337 e. The number of amides is 1. The molecular formula is C22H22N6O3. The zero-order valence-electron chi connectivity index (χ0n) is 17.6. The number of anilines is 2. The molecule has 0 radical (unpaired) electrons. The van der Waals surface area contributed by atoms with Crippen molar-refractivity contribution in [3.05, 3.63) is 76.0 Å². The average molecular weight is 418 g/mol. The lowest BCUT2D eigenvalue weighted by atomic mass is 9.94. The van der Waals surface area contributed by atoms with Gasteiger partial charge in [-0.1, -0.05) is 29.4 Å². The largest absolute Gasteiger partial charge is 0.465 e. The Morgan fingerprint density at radius 2 is 1.84 bits per heavy atom. The number of rotatable bonds is 4. The Morgan fingerprint density at radius 3 is 2.55 bits per heavy atom. The predicted octanol–water partition coefficient (Wildman–Crippen LogP) is 3.00. The molecule has 9 nitrogen and oxygen atoms in total. The van der Waals surface area contributed by atoms with Gasteiger partial charge >= 0.3 is 5.97 Å². The Labute approximate surface area is 179 Å². The molecule has 1 amide bonds. The van der Waals surface area contributed by atoms with Crippen LogP contribution in [0, 0.1) is 13.8 Å². The van der Waals surface area contributed by atoms with Crippen molar-refractivity contribution in [2.75, 3.05) is 17.7 Å². The molecule has 0 saturated heterocycles. The number of benzene rings is 2. The molecule has 0 fully saturated rings. The second-order valence-corrected chi connectivity index (χ2v) is 7.33. The number of hydrogen-bond acceptors (Lipinski definition) is 7. The molecule has 3 aromatic rings. The molecule has 31 heavy (non-hydrogen) atoms. The second-order valence-electron chi connectivity index (χ2n) is 7.33. The van der Waals surface area contributed by atoms with Gasteiger partial charge in [-0.25, -0.2) is 4.79 Å². The van der Waals surface area contributed by atoms with Gasteiger partial charge in [0, 0.05) is 11.4 Å². The number of allylic oxidation sites excluding steroid dienone is 1. The fourth-order valence-electron chi connectivity index (χ4n) is 3.61. The maximum atomic E-state index is 13.4. The third-order valence-electron chi connectivity index (χ3n) is 5.46. The van der Waals surface area contributed by atoms with Crippen molar-refractivity contribution in [1.82, 2.24) is 20.2 Å². The van der Waals surface area contributed by atoms with Crippen LogP contribution in [-0.2, 0) is 9.53 Å². The fourth-order valence-corrected chi connectivity index (χ4v) is 3.61. The van der Waals surface area contributed by atoms with E-state index in [0.717, 1.165) is 22.4 Å². The number of carbonyl (C=O) groups excluding carboxylic acids is 2. The van der Waals surface area contributed by atoms with Gasteiger partial charge in [0.2, 0.25) is 5.95 Å².